The Bertz CT molecular complexity index is 383. The number of nitrogens with zero attached hydrogens (tertiary/aromatic N) is 1. The van der Waals surface area contributed by atoms with E-state index in [1.165, 1.54) is 6.07 Å². The summed E-state index contributed by atoms with van der Waals surface area (Å²) in [6, 6.07) is 0.752. The molecule has 2 atom stereocenters. The van der Waals surface area contributed by atoms with Crippen LogP contribution in [0.25, 0.3) is 0 Å². The number of carbonyl (C=O) groups is 1. The van der Waals surface area contributed by atoms with Gasteiger partial charge in [-0.1, -0.05) is 0 Å². The van der Waals surface area contributed by atoms with E-state index in [-0.39, 0.29) is 6.04 Å². The van der Waals surface area contributed by atoms with Crippen LogP contribution in [0.4, 0.5) is 4.39 Å². The molecule has 5 heteroatoms. The topological polar surface area (TPSA) is 62.2 Å². The van der Waals surface area contributed by atoms with E-state index in [2.05, 4.69) is 10.3 Å². The number of carboxylic acid groups (broad SMARTS) is 1. The molecule has 1 fully saturated rings. The molecule has 0 spiro atoms. The number of carboxylic acids is 1. The average Bonchev–Trinajstić information content (AvgIpc) is 2.66. The Morgan fingerprint density at radius 3 is 2.93 bits per heavy atom. The van der Waals surface area contributed by atoms with Gasteiger partial charge in [0, 0.05) is 12.2 Å². The molecule has 1 saturated heterocycles. The molecule has 2 unspecified atom stereocenters. The zero-order chi connectivity index (χ0) is 10.8. The molecule has 80 valence electrons. The van der Waals surface area contributed by atoms with Gasteiger partial charge in [-0.25, -0.2) is 4.39 Å². The van der Waals surface area contributed by atoms with Gasteiger partial charge in [0.05, 0.1) is 6.20 Å². The first-order valence-corrected chi connectivity index (χ1v) is 4.76. The molecule has 1 aliphatic heterocycles. The van der Waals surface area contributed by atoms with Crippen LogP contribution in [0.5, 0.6) is 0 Å². The van der Waals surface area contributed by atoms with E-state index in [1.807, 2.05) is 0 Å². The summed E-state index contributed by atoms with van der Waals surface area (Å²) in [6.07, 6.45) is 3.96. The first kappa shape index (κ1) is 10.0. The second-order valence-electron chi connectivity index (χ2n) is 3.62. The van der Waals surface area contributed by atoms with E-state index in [0.717, 1.165) is 6.20 Å². The molecule has 2 N–H and O–H groups in total. The fraction of sp³-hybridized carbons (Fsp3) is 0.400. The van der Waals surface area contributed by atoms with Crippen LogP contribution in [-0.2, 0) is 4.79 Å². The van der Waals surface area contributed by atoms with E-state index in [9.17, 15) is 9.18 Å². The van der Waals surface area contributed by atoms with Gasteiger partial charge < -0.3 is 5.11 Å². The van der Waals surface area contributed by atoms with Crippen molar-refractivity contribution >= 4 is 5.97 Å². The Labute approximate surface area is 86.1 Å². The molecule has 15 heavy (non-hydrogen) atoms. The van der Waals surface area contributed by atoms with Gasteiger partial charge in [-0.3, -0.25) is 15.1 Å². The van der Waals surface area contributed by atoms with Gasteiger partial charge in [-0.15, -0.1) is 0 Å². The lowest BCUT2D eigenvalue weighted by Gasteiger charge is -2.11. The summed E-state index contributed by atoms with van der Waals surface area (Å²) >= 11 is 0. The summed E-state index contributed by atoms with van der Waals surface area (Å²) in [5, 5.41) is 11.7. The maximum Gasteiger partial charge on any atom is 0.320 e. The smallest absolute Gasteiger partial charge is 0.320 e. The summed E-state index contributed by atoms with van der Waals surface area (Å²) < 4.78 is 12.9. The van der Waals surface area contributed by atoms with Gasteiger partial charge in [-0.2, -0.15) is 0 Å². The molecule has 2 heterocycles. The molecule has 1 aliphatic rings. The SMILES string of the molecule is O=C(O)C1CCC(c2cncc(F)c2)N1. The van der Waals surface area contributed by atoms with Crippen molar-refractivity contribution in [3.8, 4) is 0 Å². The molecule has 0 radical (unpaired) electrons. The lowest BCUT2D eigenvalue weighted by Crippen LogP contribution is -2.31. The molecule has 0 bridgehead atoms. The molecule has 1 aromatic rings. The monoisotopic (exact) mass is 210 g/mol. The van der Waals surface area contributed by atoms with Crippen LogP contribution >= 0.6 is 0 Å². The van der Waals surface area contributed by atoms with Crippen molar-refractivity contribution in [3.63, 3.8) is 0 Å². The van der Waals surface area contributed by atoms with Crippen molar-refractivity contribution in [1.29, 1.82) is 0 Å². The van der Waals surface area contributed by atoms with Gasteiger partial charge in [0.2, 0.25) is 0 Å². The predicted octanol–water partition coefficient (Wildman–Crippen LogP) is 1.10. The second-order valence-corrected chi connectivity index (χ2v) is 3.62. The van der Waals surface area contributed by atoms with Crippen LogP contribution in [0.2, 0.25) is 0 Å². The quantitative estimate of drug-likeness (QED) is 0.767. The Balaban J connectivity index is 2.11. The lowest BCUT2D eigenvalue weighted by molar-refractivity contribution is -0.139. The average molecular weight is 210 g/mol. The summed E-state index contributed by atoms with van der Waals surface area (Å²) in [4.78, 5) is 14.4. The van der Waals surface area contributed by atoms with E-state index in [0.29, 0.717) is 18.4 Å². The summed E-state index contributed by atoms with van der Waals surface area (Å²) in [6.45, 7) is 0. The minimum Gasteiger partial charge on any atom is -0.480 e. The maximum atomic E-state index is 12.9. The highest BCUT2D eigenvalue weighted by Gasteiger charge is 2.29. The fourth-order valence-electron chi connectivity index (χ4n) is 1.82. The molecule has 0 aromatic carbocycles. The van der Waals surface area contributed by atoms with Crippen molar-refractivity contribution < 1.29 is 14.3 Å². The third-order valence-corrected chi connectivity index (χ3v) is 2.57. The van der Waals surface area contributed by atoms with Crippen molar-refractivity contribution in [2.75, 3.05) is 0 Å². The Kier molecular flexibility index (Phi) is 2.64. The Hall–Kier alpha value is -1.49. The number of aliphatic carboxylic acids is 1. The van der Waals surface area contributed by atoms with Crippen LogP contribution in [-0.4, -0.2) is 22.1 Å². The van der Waals surface area contributed by atoms with Crippen molar-refractivity contribution in [1.82, 2.24) is 10.3 Å². The van der Waals surface area contributed by atoms with E-state index in [1.54, 1.807) is 6.20 Å². The van der Waals surface area contributed by atoms with Crippen LogP contribution < -0.4 is 5.32 Å². The molecule has 4 nitrogen and oxygen atoms in total. The highest BCUT2D eigenvalue weighted by molar-refractivity contribution is 5.73. The summed E-state index contributed by atoms with van der Waals surface area (Å²) in [5.74, 6) is -1.25. The van der Waals surface area contributed by atoms with Crippen LogP contribution in [0.15, 0.2) is 18.5 Å². The standard InChI is InChI=1S/C10H11FN2O2/c11-7-3-6(4-12-5-7)8-1-2-9(13-8)10(14)15/h3-5,8-9,13H,1-2H2,(H,14,15). The lowest BCUT2D eigenvalue weighted by atomic mass is 10.1. The number of hydrogen-bond acceptors (Lipinski definition) is 3. The molecule has 2 rings (SSSR count). The van der Waals surface area contributed by atoms with Gasteiger partial charge in [0.1, 0.15) is 11.9 Å². The number of nitrogens with one attached hydrogen (secondary N) is 1. The Morgan fingerprint density at radius 2 is 2.33 bits per heavy atom. The number of hydrogen-bond donors (Lipinski definition) is 2. The van der Waals surface area contributed by atoms with Gasteiger partial charge in [0.15, 0.2) is 0 Å². The summed E-state index contributed by atoms with van der Waals surface area (Å²) in [5.41, 5.74) is 0.707. The number of halogens is 1. The van der Waals surface area contributed by atoms with Gasteiger partial charge >= 0.3 is 5.97 Å². The number of pyridine rings is 1. The van der Waals surface area contributed by atoms with Crippen molar-refractivity contribution in [2.45, 2.75) is 24.9 Å². The van der Waals surface area contributed by atoms with Gasteiger partial charge in [0.25, 0.3) is 0 Å². The molecule has 0 amide bonds. The summed E-state index contributed by atoms with van der Waals surface area (Å²) in [7, 11) is 0. The second kappa shape index (κ2) is 3.94. The largest absolute Gasteiger partial charge is 0.480 e. The minimum atomic E-state index is -0.859. The van der Waals surface area contributed by atoms with Gasteiger partial charge in [-0.05, 0) is 24.5 Å². The predicted molar refractivity (Wildman–Crippen MR) is 50.7 cm³/mol. The third-order valence-electron chi connectivity index (χ3n) is 2.57. The normalized spacial score (nSPS) is 25.4. The van der Waals surface area contributed by atoms with E-state index >= 15 is 0 Å². The first-order chi connectivity index (χ1) is 7.16. The van der Waals surface area contributed by atoms with Crippen LogP contribution in [0, 0.1) is 5.82 Å². The van der Waals surface area contributed by atoms with Crippen LogP contribution in [0.3, 0.4) is 0 Å². The van der Waals surface area contributed by atoms with Crippen LogP contribution in [0.1, 0.15) is 24.4 Å². The maximum absolute atomic E-state index is 12.9. The molecule has 1 aromatic heterocycles. The zero-order valence-electron chi connectivity index (χ0n) is 7.98. The Morgan fingerprint density at radius 1 is 1.53 bits per heavy atom. The number of rotatable bonds is 2. The third kappa shape index (κ3) is 2.12. The van der Waals surface area contributed by atoms with Crippen molar-refractivity contribution in [3.05, 3.63) is 29.8 Å². The fourth-order valence-corrected chi connectivity index (χ4v) is 1.82. The van der Waals surface area contributed by atoms with E-state index in [4.69, 9.17) is 5.11 Å². The molecular formula is C10H11FN2O2. The van der Waals surface area contributed by atoms with Crippen molar-refractivity contribution in [2.24, 2.45) is 0 Å². The molecule has 0 aliphatic carbocycles. The highest BCUT2D eigenvalue weighted by Crippen LogP contribution is 2.26. The zero-order valence-corrected chi connectivity index (χ0v) is 7.98. The molecule has 0 saturated carbocycles. The molecular weight excluding hydrogens is 199 g/mol. The highest BCUT2D eigenvalue weighted by atomic mass is 19.1. The van der Waals surface area contributed by atoms with E-state index < -0.39 is 17.8 Å². The minimum absolute atomic E-state index is 0.103. The number of aromatic nitrogens is 1. The first-order valence-electron chi connectivity index (χ1n) is 4.76.